The molecule has 0 aliphatic carbocycles. The number of methoxy groups -OCH3 is 2. The van der Waals surface area contributed by atoms with Crippen LogP contribution in [0.4, 0.5) is 4.79 Å². The second-order valence-corrected chi connectivity index (χ2v) is 7.41. The summed E-state index contributed by atoms with van der Waals surface area (Å²) in [4.78, 5) is 29.3. The van der Waals surface area contributed by atoms with Crippen molar-refractivity contribution in [2.75, 3.05) is 34.4 Å². The van der Waals surface area contributed by atoms with E-state index in [1.165, 1.54) is 10.5 Å². The first kappa shape index (κ1) is 19.8. The average molecular weight is 407 g/mol. The Labute approximate surface area is 175 Å². The molecule has 0 saturated heterocycles. The highest BCUT2D eigenvalue weighted by atomic mass is 16.5. The first-order chi connectivity index (χ1) is 14.5. The molecule has 2 aliphatic heterocycles. The molecule has 1 unspecified atom stereocenters. The van der Waals surface area contributed by atoms with Crippen LogP contribution in [0.1, 0.15) is 17.2 Å². The number of carbonyl (C=O) groups is 2. The largest absolute Gasteiger partial charge is 0.497 e. The zero-order chi connectivity index (χ0) is 21.3. The van der Waals surface area contributed by atoms with E-state index in [0.717, 1.165) is 17.7 Å². The van der Waals surface area contributed by atoms with E-state index in [9.17, 15) is 9.59 Å². The van der Waals surface area contributed by atoms with Crippen LogP contribution >= 0.6 is 0 Å². The molecule has 1 N–H and O–H groups in total. The average Bonchev–Trinajstić information content (AvgIpc) is 3.11. The molecule has 0 aromatic heterocycles. The van der Waals surface area contributed by atoms with Gasteiger partial charge < -0.3 is 19.7 Å². The molecule has 7 nitrogen and oxygen atoms in total. The number of urea groups is 1. The normalized spacial score (nSPS) is 18.4. The van der Waals surface area contributed by atoms with E-state index in [4.69, 9.17) is 9.47 Å². The third-order valence-corrected chi connectivity index (χ3v) is 5.66. The van der Waals surface area contributed by atoms with Crippen molar-refractivity contribution in [1.29, 1.82) is 0 Å². The van der Waals surface area contributed by atoms with Gasteiger partial charge in [0.2, 0.25) is 0 Å². The number of likely N-dealkylation sites (N-methyl/N-ethyl adjacent to an activating group) is 1. The molecule has 156 valence electrons. The first-order valence-electron chi connectivity index (χ1n) is 9.85. The Morgan fingerprint density at radius 3 is 2.33 bits per heavy atom. The van der Waals surface area contributed by atoms with Gasteiger partial charge in [0.15, 0.2) is 0 Å². The lowest BCUT2D eigenvalue weighted by atomic mass is 9.95. The lowest BCUT2D eigenvalue weighted by Gasteiger charge is -2.31. The van der Waals surface area contributed by atoms with Gasteiger partial charge in [0, 0.05) is 19.7 Å². The van der Waals surface area contributed by atoms with E-state index in [1.54, 1.807) is 32.2 Å². The summed E-state index contributed by atoms with van der Waals surface area (Å²) >= 11 is 0. The highest BCUT2D eigenvalue weighted by Crippen LogP contribution is 2.38. The summed E-state index contributed by atoms with van der Waals surface area (Å²) in [7, 11) is 4.84. The van der Waals surface area contributed by atoms with E-state index in [0.29, 0.717) is 30.2 Å². The molecular weight excluding hydrogens is 382 g/mol. The Bertz CT molecular complexity index is 981. The van der Waals surface area contributed by atoms with E-state index in [-0.39, 0.29) is 11.9 Å². The molecule has 0 fully saturated rings. The minimum atomic E-state index is -0.554. The Balaban J connectivity index is 1.64. The lowest BCUT2D eigenvalue weighted by Crippen LogP contribution is -2.45. The smallest absolute Gasteiger partial charge is 0.322 e. The van der Waals surface area contributed by atoms with Crippen LogP contribution in [0.15, 0.2) is 59.8 Å². The Morgan fingerprint density at radius 2 is 1.70 bits per heavy atom. The SMILES string of the molecule is COc1cc(OC)cc(C2NC(=O)N(C)C3=C2C(=O)N(CCc2ccccc2)C3)c1. The summed E-state index contributed by atoms with van der Waals surface area (Å²) in [5.41, 5.74) is 3.26. The number of carbonyl (C=O) groups excluding carboxylic acids is 2. The second kappa shape index (κ2) is 8.10. The standard InChI is InChI=1S/C23H25N3O4/c1-25-19-14-26(10-9-15-7-5-4-6-8-15)22(27)20(19)21(24-23(25)28)16-11-17(29-2)13-18(12-16)30-3/h4-8,11-13,21H,9-10,14H2,1-3H3,(H,24,28). The van der Waals surface area contributed by atoms with Crippen LogP contribution in [0.2, 0.25) is 0 Å². The van der Waals surface area contributed by atoms with E-state index in [2.05, 4.69) is 17.4 Å². The van der Waals surface area contributed by atoms with E-state index >= 15 is 0 Å². The Kier molecular flexibility index (Phi) is 5.35. The van der Waals surface area contributed by atoms with Crippen LogP contribution in [-0.4, -0.2) is 56.1 Å². The molecule has 7 heteroatoms. The van der Waals surface area contributed by atoms with Gasteiger partial charge in [-0.2, -0.15) is 0 Å². The third-order valence-electron chi connectivity index (χ3n) is 5.66. The van der Waals surface area contributed by atoms with Gasteiger partial charge in [0.1, 0.15) is 11.5 Å². The van der Waals surface area contributed by atoms with Gasteiger partial charge >= 0.3 is 6.03 Å². The highest BCUT2D eigenvalue weighted by molar-refractivity contribution is 6.01. The van der Waals surface area contributed by atoms with Gasteiger partial charge in [-0.3, -0.25) is 9.69 Å². The molecule has 2 aliphatic rings. The zero-order valence-electron chi connectivity index (χ0n) is 17.3. The molecule has 0 radical (unpaired) electrons. The number of hydrogen-bond acceptors (Lipinski definition) is 4. The van der Waals surface area contributed by atoms with Crippen LogP contribution in [0.25, 0.3) is 0 Å². The lowest BCUT2D eigenvalue weighted by molar-refractivity contribution is -0.125. The number of hydrogen-bond donors (Lipinski definition) is 1. The predicted octanol–water partition coefficient (Wildman–Crippen LogP) is 2.74. The maximum absolute atomic E-state index is 13.3. The summed E-state index contributed by atoms with van der Waals surface area (Å²) < 4.78 is 10.7. The Morgan fingerprint density at radius 1 is 1.03 bits per heavy atom. The van der Waals surface area contributed by atoms with Crippen molar-refractivity contribution < 1.29 is 19.1 Å². The zero-order valence-corrected chi connectivity index (χ0v) is 17.3. The molecule has 30 heavy (non-hydrogen) atoms. The fourth-order valence-corrected chi connectivity index (χ4v) is 3.96. The molecule has 2 aromatic rings. The molecular formula is C23H25N3O4. The van der Waals surface area contributed by atoms with Crippen molar-refractivity contribution in [2.45, 2.75) is 12.5 Å². The summed E-state index contributed by atoms with van der Waals surface area (Å²) in [6.07, 6.45) is 0.760. The topological polar surface area (TPSA) is 71.1 Å². The number of nitrogens with zero attached hydrogens (tertiary/aromatic N) is 2. The number of ether oxygens (including phenoxy) is 2. The number of amides is 3. The molecule has 3 amide bonds. The van der Waals surface area contributed by atoms with E-state index in [1.807, 2.05) is 30.3 Å². The van der Waals surface area contributed by atoms with Crippen molar-refractivity contribution in [3.63, 3.8) is 0 Å². The summed E-state index contributed by atoms with van der Waals surface area (Å²) in [6, 6.07) is 14.7. The second-order valence-electron chi connectivity index (χ2n) is 7.41. The fourth-order valence-electron chi connectivity index (χ4n) is 3.96. The van der Waals surface area contributed by atoms with Gasteiger partial charge in [-0.25, -0.2) is 4.79 Å². The summed E-state index contributed by atoms with van der Waals surface area (Å²) in [6.45, 7) is 1.01. The first-order valence-corrected chi connectivity index (χ1v) is 9.85. The monoisotopic (exact) mass is 407 g/mol. The van der Waals surface area contributed by atoms with Crippen LogP contribution < -0.4 is 14.8 Å². The third kappa shape index (κ3) is 3.58. The Hall–Kier alpha value is -3.48. The van der Waals surface area contributed by atoms with Crippen molar-refractivity contribution in [2.24, 2.45) is 0 Å². The molecule has 1 atom stereocenters. The van der Waals surface area contributed by atoms with Crippen molar-refractivity contribution in [3.8, 4) is 11.5 Å². The molecule has 4 rings (SSSR count). The molecule has 0 bridgehead atoms. The summed E-state index contributed by atoms with van der Waals surface area (Å²) in [5, 5.41) is 2.95. The van der Waals surface area contributed by atoms with Crippen molar-refractivity contribution >= 4 is 11.9 Å². The van der Waals surface area contributed by atoms with Crippen LogP contribution in [0, 0.1) is 0 Å². The maximum atomic E-state index is 13.3. The molecule has 2 aromatic carbocycles. The predicted molar refractivity (Wildman–Crippen MR) is 112 cm³/mol. The molecule has 2 heterocycles. The van der Waals surface area contributed by atoms with Gasteiger partial charge in [0.05, 0.1) is 38.1 Å². The van der Waals surface area contributed by atoms with Crippen LogP contribution in [-0.2, 0) is 11.2 Å². The number of nitrogens with one attached hydrogen (secondary N) is 1. The molecule has 0 spiro atoms. The van der Waals surface area contributed by atoms with Gasteiger partial charge in [-0.05, 0) is 29.7 Å². The summed E-state index contributed by atoms with van der Waals surface area (Å²) in [5.74, 6) is 1.15. The van der Waals surface area contributed by atoms with Gasteiger partial charge in [0.25, 0.3) is 5.91 Å². The van der Waals surface area contributed by atoms with Crippen molar-refractivity contribution in [3.05, 3.63) is 70.9 Å². The van der Waals surface area contributed by atoms with E-state index < -0.39 is 6.04 Å². The minimum absolute atomic E-state index is 0.0560. The minimum Gasteiger partial charge on any atom is -0.497 e. The van der Waals surface area contributed by atoms with Crippen molar-refractivity contribution in [1.82, 2.24) is 15.1 Å². The van der Waals surface area contributed by atoms with Crippen LogP contribution in [0.5, 0.6) is 11.5 Å². The van der Waals surface area contributed by atoms with Gasteiger partial charge in [-0.15, -0.1) is 0 Å². The fraction of sp³-hybridized carbons (Fsp3) is 0.304. The number of rotatable bonds is 6. The number of benzene rings is 2. The highest BCUT2D eigenvalue weighted by Gasteiger charge is 2.42. The van der Waals surface area contributed by atoms with Crippen LogP contribution in [0.3, 0.4) is 0 Å². The quantitative estimate of drug-likeness (QED) is 0.799. The molecule has 0 saturated carbocycles. The van der Waals surface area contributed by atoms with Gasteiger partial charge in [-0.1, -0.05) is 30.3 Å². The maximum Gasteiger partial charge on any atom is 0.322 e.